The molecule has 3 N–H and O–H groups in total. The maximum Gasteiger partial charge on any atom is 0.358 e. The van der Waals surface area contributed by atoms with E-state index in [1.165, 1.54) is 10.9 Å². The molecule has 0 aliphatic heterocycles. The molecule has 2 aromatic rings. The predicted octanol–water partition coefficient (Wildman–Crippen LogP) is 0.117. The fraction of sp³-hybridized carbons (Fsp3) is 0.400. The highest BCUT2D eigenvalue weighted by molar-refractivity contribution is 5.86. The van der Waals surface area contributed by atoms with Crippen molar-refractivity contribution in [3.63, 3.8) is 0 Å². The first kappa shape index (κ1) is 14.1. The lowest BCUT2D eigenvalue weighted by atomic mass is 10.2. The molecule has 10 heteroatoms. The van der Waals surface area contributed by atoms with Crippen molar-refractivity contribution >= 4 is 5.97 Å². The van der Waals surface area contributed by atoms with E-state index in [1.807, 2.05) is 0 Å². The molecule has 0 radical (unpaired) electrons. The van der Waals surface area contributed by atoms with Crippen LogP contribution in [0.4, 0.5) is 8.78 Å². The summed E-state index contributed by atoms with van der Waals surface area (Å²) in [4.78, 5) is 14.8. The first-order valence-electron chi connectivity index (χ1n) is 5.70. The zero-order chi connectivity index (χ0) is 14.7. The van der Waals surface area contributed by atoms with E-state index >= 15 is 0 Å². The molecule has 0 unspecified atom stereocenters. The van der Waals surface area contributed by atoms with Gasteiger partial charge in [-0.2, -0.15) is 8.78 Å². The minimum absolute atomic E-state index is 0.0557. The number of alkyl halides is 2. The largest absolute Gasteiger partial charge is 0.476 e. The van der Waals surface area contributed by atoms with Crippen LogP contribution in [0.3, 0.4) is 0 Å². The summed E-state index contributed by atoms with van der Waals surface area (Å²) in [5.74, 6) is -1.18. The second-order valence-corrected chi connectivity index (χ2v) is 3.91. The average molecular weight is 286 g/mol. The van der Waals surface area contributed by atoms with Crippen LogP contribution < -0.4 is 5.73 Å². The molecule has 108 valence electrons. The molecule has 2 aromatic heterocycles. The fourth-order valence-corrected chi connectivity index (χ4v) is 1.79. The predicted molar refractivity (Wildman–Crippen MR) is 62.3 cm³/mol. The quantitative estimate of drug-likeness (QED) is 0.780. The lowest BCUT2D eigenvalue weighted by Gasteiger charge is -2.08. The Labute approximate surface area is 111 Å². The zero-order valence-electron chi connectivity index (χ0n) is 10.3. The second kappa shape index (κ2) is 5.74. The fourth-order valence-electron chi connectivity index (χ4n) is 1.79. The molecular weight excluding hydrogens is 274 g/mol. The molecular formula is C10H12F2N6O2. The Hall–Kier alpha value is -2.36. The molecule has 0 saturated heterocycles. The molecule has 0 aliphatic rings. The third-order valence-corrected chi connectivity index (χ3v) is 2.67. The average Bonchev–Trinajstić information content (AvgIpc) is 2.98. The van der Waals surface area contributed by atoms with Gasteiger partial charge in [0.2, 0.25) is 0 Å². The summed E-state index contributed by atoms with van der Waals surface area (Å²) in [7, 11) is 0. The Kier molecular flexibility index (Phi) is 4.03. The molecule has 0 spiro atoms. The maximum absolute atomic E-state index is 12.7. The normalized spacial score (nSPS) is 11.2. The second-order valence-electron chi connectivity index (χ2n) is 3.91. The van der Waals surface area contributed by atoms with Crippen LogP contribution in [-0.4, -0.2) is 42.2 Å². The first-order valence-corrected chi connectivity index (χ1v) is 5.70. The van der Waals surface area contributed by atoms with Gasteiger partial charge in [-0.1, -0.05) is 5.21 Å². The minimum atomic E-state index is -2.73. The number of aromatic nitrogens is 5. The van der Waals surface area contributed by atoms with E-state index in [0.29, 0.717) is 4.57 Å². The number of hydrogen-bond acceptors (Lipinski definition) is 5. The number of rotatable bonds is 6. The molecule has 8 nitrogen and oxygen atoms in total. The highest BCUT2D eigenvalue weighted by Crippen LogP contribution is 2.14. The summed E-state index contributed by atoms with van der Waals surface area (Å²) in [6, 6.07) is 0. The molecule has 2 rings (SSSR count). The van der Waals surface area contributed by atoms with Gasteiger partial charge in [0, 0.05) is 18.8 Å². The topological polar surface area (TPSA) is 112 Å². The third-order valence-electron chi connectivity index (χ3n) is 2.67. The Morgan fingerprint density at radius 3 is 2.85 bits per heavy atom. The van der Waals surface area contributed by atoms with Crippen molar-refractivity contribution in [2.24, 2.45) is 5.73 Å². The van der Waals surface area contributed by atoms with Gasteiger partial charge in [0.25, 0.3) is 0 Å². The van der Waals surface area contributed by atoms with E-state index in [0.717, 1.165) is 6.20 Å². The van der Waals surface area contributed by atoms with Crippen molar-refractivity contribution in [1.82, 2.24) is 24.5 Å². The number of carboxylic acid groups (broad SMARTS) is 1. The Morgan fingerprint density at radius 1 is 1.50 bits per heavy atom. The van der Waals surface area contributed by atoms with Crippen LogP contribution in [0.1, 0.15) is 28.6 Å². The van der Waals surface area contributed by atoms with E-state index in [4.69, 9.17) is 10.8 Å². The molecule has 0 aliphatic carbocycles. The summed E-state index contributed by atoms with van der Waals surface area (Å²) in [5, 5.41) is 16.2. The standard InChI is InChI=1S/C10H12F2N6O2/c11-10(12)17-4-3-14-7(17)5-18-6(1-2-13)8(9(19)20)15-16-18/h3-4,10H,1-2,5,13H2,(H,19,20). The molecule has 0 atom stereocenters. The number of carboxylic acids is 1. The summed E-state index contributed by atoms with van der Waals surface area (Å²) in [6.45, 7) is -2.64. The monoisotopic (exact) mass is 286 g/mol. The smallest absolute Gasteiger partial charge is 0.358 e. The summed E-state index contributed by atoms with van der Waals surface area (Å²) in [5.41, 5.74) is 5.46. The number of halogens is 2. The van der Waals surface area contributed by atoms with Gasteiger partial charge < -0.3 is 10.8 Å². The number of hydrogen-bond donors (Lipinski definition) is 2. The van der Waals surface area contributed by atoms with Gasteiger partial charge in [-0.25, -0.2) is 14.5 Å². The highest BCUT2D eigenvalue weighted by Gasteiger charge is 2.20. The Balaban J connectivity index is 2.33. The summed E-state index contributed by atoms with van der Waals surface area (Å²) >= 11 is 0. The van der Waals surface area contributed by atoms with Crippen LogP contribution >= 0.6 is 0 Å². The molecule has 0 fully saturated rings. The van der Waals surface area contributed by atoms with Gasteiger partial charge in [-0.05, 0) is 6.54 Å². The van der Waals surface area contributed by atoms with E-state index < -0.39 is 12.5 Å². The van der Waals surface area contributed by atoms with Crippen molar-refractivity contribution in [3.05, 3.63) is 29.6 Å². The van der Waals surface area contributed by atoms with Crippen molar-refractivity contribution < 1.29 is 18.7 Å². The van der Waals surface area contributed by atoms with Crippen LogP contribution in [0.25, 0.3) is 0 Å². The lowest BCUT2D eigenvalue weighted by Crippen LogP contribution is -2.16. The van der Waals surface area contributed by atoms with E-state index in [9.17, 15) is 13.6 Å². The Morgan fingerprint density at radius 2 is 2.25 bits per heavy atom. The van der Waals surface area contributed by atoms with Crippen LogP contribution in [0.2, 0.25) is 0 Å². The molecule has 20 heavy (non-hydrogen) atoms. The van der Waals surface area contributed by atoms with Gasteiger partial charge >= 0.3 is 12.5 Å². The number of carbonyl (C=O) groups is 1. The maximum atomic E-state index is 12.7. The van der Waals surface area contributed by atoms with Crippen LogP contribution in [0, 0.1) is 0 Å². The van der Waals surface area contributed by atoms with Gasteiger partial charge in [-0.3, -0.25) is 4.57 Å². The Bertz CT molecular complexity index is 609. The number of nitrogens with two attached hydrogens (primary N) is 1. The van der Waals surface area contributed by atoms with Gasteiger partial charge in [0.05, 0.1) is 5.69 Å². The van der Waals surface area contributed by atoms with Crippen molar-refractivity contribution in [2.75, 3.05) is 6.54 Å². The summed E-state index contributed by atoms with van der Waals surface area (Å²) in [6.07, 6.45) is 2.60. The van der Waals surface area contributed by atoms with Crippen LogP contribution in [0.5, 0.6) is 0 Å². The zero-order valence-corrected chi connectivity index (χ0v) is 10.3. The van der Waals surface area contributed by atoms with E-state index in [1.54, 1.807) is 0 Å². The first-order chi connectivity index (χ1) is 9.54. The molecule has 0 saturated carbocycles. The van der Waals surface area contributed by atoms with Crippen LogP contribution in [-0.2, 0) is 13.0 Å². The summed E-state index contributed by atoms with van der Waals surface area (Å²) < 4.78 is 27.3. The number of nitrogens with zero attached hydrogens (tertiary/aromatic N) is 5. The number of aromatic carboxylic acids is 1. The number of imidazole rings is 1. The van der Waals surface area contributed by atoms with E-state index in [-0.39, 0.29) is 36.7 Å². The molecule has 0 aromatic carbocycles. The van der Waals surface area contributed by atoms with Crippen molar-refractivity contribution in [2.45, 2.75) is 19.5 Å². The van der Waals surface area contributed by atoms with Crippen molar-refractivity contribution in [3.8, 4) is 0 Å². The molecule has 2 heterocycles. The van der Waals surface area contributed by atoms with Gasteiger partial charge in [0.1, 0.15) is 12.4 Å². The molecule has 0 bridgehead atoms. The van der Waals surface area contributed by atoms with Crippen molar-refractivity contribution in [1.29, 1.82) is 0 Å². The molecule has 0 amide bonds. The lowest BCUT2D eigenvalue weighted by molar-refractivity contribution is 0.0661. The van der Waals surface area contributed by atoms with Gasteiger partial charge in [0.15, 0.2) is 5.69 Å². The SMILES string of the molecule is NCCc1c(C(=O)O)nnn1Cc1nccn1C(F)F. The van der Waals surface area contributed by atoms with Gasteiger partial charge in [-0.15, -0.1) is 5.10 Å². The minimum Gasteiger partial charge on any atom is -0.476 e. The van der Waals surface area contributed by atoms with E-state index in [2.05, 4.69) is 15.3 Å². The third kappa shape index (κ3) is 2.64. The highest BCUT2D eigenvalue weighted by atomic mass is 19.3. The van der Waals surface area contributed by atoms with Crippen LogP contribution in [0.15, 0.2) is 12.4 Å².